The minimum absolute atomic E-state index is 0.177. The summed E-state index contributed by atoms with van der Waals surface area (Å²) in [4.78, 5) is 12.6. The van der Waals surface area contributed by atoms with Gasteiger partial charge in [-0.1, -0.05) is 38.8 Å². The van der Waals surface area contributed by atoms with Crippen molar-refractivity contribution in [2.24, 2.45) is 5.41 Å². The van der Waals surface area contributed by atoms with Crippen molar-refractivity contribution in [3.63, 3.8) is 0 Å². The summed E-state index contributed by atoms with van der Waals surface area (Å²) in [5.74, 6) is 0.177. The molecule has 1 amide bonds. The topological polar surface area (TPSA) is 41.1 Å². The fraction of sp³-hybridized carbons (Fsp3) is 0.611. The molecule has 21 heavy (non-hydrogen) atoms. The average Bonchev–Trinajstić information content (AvgIpc) is 2.97. The van der Waals surface area contributed by atoms with Crippen LogP contribution < -0.4 is 10.6 Å². The van der Waals surface area contributed by atoms with Gasteiger partial charge in [0.25, 0.3) is 0 Å². The lowest BCUT2D eigenvalue weighted by Gasteiger charge is -2.26. The summed E-state index contributed by atoms with van der Waals surface area (Å²) < 4.78 is 0. The molecule has 3 nitrogen and oxygen atoms in total. The SMILES string of the molecule is CCCCc1ccc(NC(=O)C2(CCC)CCNC2)cc1. The Morgan fingerprint density at radius 2 is 2.00 bits per heavy atom. The van der Waals surface area contributed by atoms with Crippen molar-refractivity contribution in [1.29, 1.82) is 0 Å². The molecule has 1 unspecified atom stereocenters. The Morgan fingerprint density at radius 3 is 2.57 bits per heavy atom. The standard InChI is InChI=1S/C18H28N2O/c1-3-5-6-15-7-9-16(10-8-15)20-17(21)18(11-4-2)12-13-19-14-18/h7-10,19H,3-6,11-14H2,1-2H3,(H,20,21). The lowest BCUT2D eigenvalue weighted by molar-refractivity contribution is -0.125. The molecule has 3 heteroatoms. The van der Waals surface area contributed by atoms with E-state index in [-0.39, 0.29) is 11.3 Å². The van der Waals surface area contributed by atoms with Crippen LogP contribution in [0, 0.1) is 5.41 Å². The number of hydrogen-bond acceptors (Lipinski definition) is 2. The molecule has 0 aliphatic carbocycles. The molecular weight excluding hydrogens is 260 g/mol. The molecule has 1 aromatic rings. The Morgan fingerprint density at radius 1 is 1.24 bits per heavy atom. The van der Waals surface area contributed by atoms with E-state index in [1.165, 1.54) is 18.4 Å². The number of nitrogens with one attached hydrogen (secondary N) is 2. The number of aryl methyl sites for hydroxylation is 1. The number of benzene rings is 1. The highest BCUT2D eigenvalue weighted by atomic mass is 16.2. The first-order valence-corrected chi connectivity index (χ1v) is 8.31. The number of hydrogen-bond donors (Lipinski definition) is 2. The zero-order valence-electron chi connectivity index (χ0n) is 13.4. The van der Waals surface area contributed by atoms with Gasteiger partial charge in [0.1, 0.15) is 0 Å². The molecular formula is C18H28N2O. The van der Waals surface area contributed by atoms with E-state index in [0.717, 1.165) is 44.5 Å². The second-order valence-electron chi connectivity index (χ2n) is 6.21. The second-order valence-corrected chi connectivity index (χ2v) is 6.21. The maximum Gasteiger partial charge on any atom is 0.231 e. The molecule has 1 aliphatic rings. The Hall–Kier alpha value is -1.35. The average molecular weight is 288 g/mol. The Balaban J connectivity index is 1.98. The highest BCUT2D eigenvalue weighted by molar-refractivity contribution is 5.95. The van der Waals surface area contributed by atoms with Gasteiger partial charge in [-0.15, -0.1) is 0 Å². The van der Waals surface area contributed by atoms with Gasteiger partial charge >= 0.3 is 0 Å². The highest BCUT2D eigenvalue weighted by Crippen LogP contribution is 2.32. The summed E-state index contributed by atoms with van der Waals surface area (Å²) in [6.07, 6.45) is 6.50. The molecule has 1 saturated heterocycles. The molecule has 1 aliphatic heterocycles. The largest absolute Gasteiger partial charge is 0.326 e. The Bertz CT molecular complexity index is 447. The predicted molar refractivity (Wildman–Crippen MR) is 88.5 cm³/mol. The first-order chi connectivity index (χ1) is 10.2. The summed E-state index contributed by atoms with van der Waals surface area (Å²) >= 11 is 0. The van der Waals surface area contributed by atoms with Crippen LogP contribution in [0.25, 0.3) is 0 Å². The monoisotopic (exact) mass is 288 g/mol. The fourth-order valence-corrected chi connectivity index (χ4v) is 3.14. The molecule has 2 N–H and O–H groups in total. The lowest BCUT2D eigenvalue weighted by atomic mass is 9.81. The van der Waals surface area contributed by atoms with Gasteiger partial charge in [0.2, 0.25) is 5.91 Å². The summed E-state index contributed by atoms with van der Waals surface area (Å²) in [5, 5.41) is 6.45. The third-order valence-electron chi connectivity index (χ3n) is 4.48. The minimum atomic E-state index is -0.213. The summed E-state index contributed by atoms with van der Waals surface area (Å²) in [6.45, 7) is 6.11. The molecule has 0 bridgehead atoms. The van der Waals surface area contributed by atoms with E-state index in [9.17, 15) is 4.79 Å². The Labute approximate surface area is 128 Å². The van der Waals surface area contributed by atoms with Gasteiger partial charge in [0, 0.05) is 12.2 Å². The van der Waals surface area contributed by atoms with E-state index in [1.54, 1.807) is 0 Å². The van der Waals surface area contributed by atoms with Crippen LogP contribution in [0.3, 0.4) is 0 Å². The van der Waals surface area contributed by atoms with Crippen LogP contribution in [-0.4, -0.2) is 19.0 Å². The fourth-order valence-electron chi connectivity index (χ4n) is 3.14. The van der Waals surface area contributed by atoms with E-state index in [2.05, 4.69) is 36.6 Å². The van der Waals surface area contributed by atoms with E-state index in [0.29, 0.717) is 0 Å². The third kappa shape index (κ3) is 4.07. The second kappa shape index (κ2) is 7.60. The predicted octanol–water partition coefficient (Wildman–Crippen LogP) is 3.75. The van der Waals surface area contributed by atoms with Gasteiger partial charge in [-0.25, -0.2) is 0 Å². The first-order valence-electron chi connectivity index (χ1n) is 8.31. The van der Waals surface area contributed by atoms with Crippen molar-refractivity contribution in [3.05, 3.63) is 29.8 Å². The smallest absolute Gasteiger partial charge is 0.231 e. The van der Waals surface area contributed by atoms with Crippen LogP contribution in [-0.2, 0) is 11.2 Å². The van der Waals surface area contributed by atoms with Crippen molar-refractivity contribution in [2.45, 2.75) is 52.4 Å². The van der Waals surface area contributed by atoms with Crippen LogP contribution in [0.4, 0.5) is 5.69 Å². The maximum absolute atomic E-state index is 12.6. The van der Waals surface area contributed by atoms with Crippen LogP contribution in [0.1, 0.15) is 51.5 Å². The van der Waals surface area contributed by atoms with Crippen molar-refractivity contribution in [1.82, 2.24) is 5.32 Å². The third-order valence-corrected chi connectivity index (χ3v) is 4.48. The van der Waals surface area contributed by atoms with Crippen molar-refractivity contribution in [3.8, 4) is 0 Å². The lowest BCUT2D eigenvalue weighted by Crippen LogP contribution is -2.38. The number of rotatable bonds is 7. The summed E-state index contributed by atoms with van der Waals surface area (Å²) in [6, 6.07) is 8.32. The molecule has 116 valence electrons. The highest BCUT2D eigenvalue weighted by Gasteiger charge is 2.40. The van der Waals surface area contributed by atoms with Crippen LogP contribution in [0.5, 0.6) is 0 Å². The zero-order chi connectivity index (χ0) is 15.1. The molecule has 1 heterocycles. The normalized spacial score (nSPS) is 21.4. The Kier molecular flexibility index (Phi) is 5.80. The molecule has 0 radical (unpaired) electrons. The van der Waals surface area contributed by atoms with Crippen LogP contribution in [0.2, 0.25) is 0 Å². The molecule has 1 atom stereocenters. The number of carbonyl (C=O) groups is 1. The molecule has 0 aromatic heterocycles. The van der Waals surface area contributed by atoms with Crippen LogP contribution >= 0.6 is 0 Å². The summed E-state index contributed by atoms with van der Waals surface area (Å²) in [5.41, 5.74) is 2.05. The quantitative estimate of drug-likeness (QED) is 0.802. The molecule has 2 rings (SSSR count). The van der Waals surface area contributed by atoms with Gasteiger partial charge in [0.05, 0.1) is 5.41 Å². The number of anilines is 1. The number of amides is 1. The van der Waals surface area contributed by atoms with Gasteiger partial charge in [-0.05, 0) is 49.9 Å². The van der Waals surface area contributed by atoms with Crippen LogP contribution in [0.15, 0.2) is 24.3 Å². The first kappa shape index (κ1) is 16.0. The molecule has 1 aromatic carbocycles. The van der Waals surface area contributed by atoms with Crippen molar-refractivity contribution in [2.75, 3.05) is 18.4 Å². The van der Waals surface area contributed by atoms with Gasteiger partial charge < -0.3 is 10.6 Å². The zero-order valence-corrected chi connectivity index (χ0v) is 13.4. The maximum atomic E-state index is 12.6. The number of carbonyl (C=O) groups excluding carboxylic acids is 1. The van der Waals surface area contributed by atoms with Gasteiger partial charge in [-0.2, -0.15) is 0 Å². The molecule has 1 fully saturated rings. The van der Waals surface area contributed by atoms with Gasteiger partial charge in [0.15, 0.2) is 0 Å². The van der Waals surface area contributed by atoms with E-state index < -0.39 is 0 Å². The van der Waals surface area contributed by atoms with E-state index in [1.807, 2.05) is 12.1 Å². The van der Waals surface area contributed by atoms with Gasteiger partial charge in [-0.3, -0.25) is 4.79 Å². The van der Waals surface area contributed by atoms with Crippen molar-refractivity contribution >= 4 is 11.6 Å². The minimum Gasteiger partial charge on any atom is -0.326 e. The summed E-state index contributed by atoms with van der Waals surface area (Å²) in [7, 11) is 0. The van der Waals surface area contributed by atoms with E-state index in [4.69, 9.17) is 0 Å². The van der Waals surface area contributed by atoms with E-state index >= 15 is 0 Å². The molecule has 0 saturated carbocycles. The molecule has 0 spiro atoms. The van der Waals surface area contributed by atoms with Crippen molar-refractivity contribution < 1.29 is 4.79 Å². The number of unbranched alkanes of at least 4 members (excludes halogenated alkanes) is 1.